The normalized spacial score (nSPS) is 16.9. The third-order valence-corrected chi connectivity index (χ3v) is 5.15. The highest BCUT2D eigenvalue weighted by Crippen LogP contribution is 2.26. The smallest absolute Gasteiger partial charge is 0.250 e. The molecule has 0 aromatic carbocycles. The van der Waals surface area contributed by atoms with Crippen LogP contribution in [0.4, 0.5) is 0 Å². The van der Waals surface area contributed by atoms with Crippen LogP contribution in [0.3, 0.4) is 0 Å². The Bertz CT molecular complexity index is 995. The fraction of sp³-hybridized carbons (Fsp3) is 0.333. The average Bonchev–Trinajstić information content (AvgIpc) is 3.19. The van der Waals surface area contributed by atoms with Gasteiger partial charge in [-0.3, -0.25) is 14.6 Å². The summed E-state index contributed by atoms with van der Waals surface area (Å²) < 4.78 is 3.57. The number of carbonyl (C=O) groups excluding carboxylic acids is 1. The molecule has 1 amide bonds. The zero-order valence-corrected chi connectivity index (χ0v) is 15.6. The fourth-order valence-corrected chi connectivity index (χ4v) is 3.73. The molecule has 0 radical (unpaired) electrons. The summed E-state index contributed by atoms with van der Waals surface area (Å²) in [7, 11) is 0. The standard InChI is InChI=1S/C21H23N5O2/c27-19-8-2-4-11-25(19)16-20(28)24-12-5-6-17(14-24)21-23-10-13-26(21)15-18-7-1-3-9-22-18/h1-4,7-11,13,17H,5-6,12,14-16H2. The van der Waals surface area contributed by atoms with Crippen molar-refractivity contribution >= 4 is 5.91 Å². The van der Waals surface area contributed by atoms with Crippen molar-refractivity contribution in [3.63, 3.8) is 0 Å². The van der Waals surface area contributed by atoms with E-state index in [0.717, 1.165) is 30.9 Å². The van der Waals surface area contributed by atoms with Gasteiger partial charge in [-0.25, -0.2) is 4.98 Å². The van der Waals surface area contributed by atoms with Crippen molar-refractivity contribution in [1.82, 2.24) is 24.0 Å². The van der Waals surface area contributed by atoms with Crippen molar-refractivity contribution in [2.75, 3.05) is 13.1 Å². The molecule has 0 aliphatic carbocycles. The fourth-order valence-electron chi connectivity index (χ4n) is 3.73. The van der Waals surface area contributed by atoms with Crippen molar-refractivity contribution in [3.8, 4) is 0 Å². The number of amides is 1. The van der Waals surface area contributed by atoms with Crippen LogP contribution in [-0.2, 0) is 17.9 Å². The lowest BCUT2D eigenvalue weighted by Crippen LogP contribution is -2.42. The lowest BCUT2D eigenvalue weighted by molar-refractivity contribution is -0.133. The molecule has 4 heterocycles. The lowest BCUT2D eigenvalue weighted by atomic mass is 9.97. The summed E-state index contributed by atoms with van der Waals surface area (Å²) in [6.07, 6.45) is 9.14. The molecule has 1 fully saturated rings. The van der Waals surface area contributed by atoms with Gasteiger partial charge in [0.25, 0.3) is 5.56 Å². The summed E-state index contributed by atoms with van der Waals surface area (Å²) in [4.78, 5) is 35.4. The van der Waals surface area contributed by atoms with Crippen LogP contribution in [0.25, 0.3) is 0 Å². The van der Waals surface area contributed by atoms with Crippen molar-refractivity contribution in [2.24, 2.45) is 0 Å². The Morgan fingerprint density at radius 2 is 1.93 bits per heavy atom. The van der Waals surface area contributed by atoms with E-state index >= 15 is 0 Å². The number of nitrogens with zero attached hydrogens (tertiary/aromatic N) is 5. The second kappa shape index (κ2) is 8.21. The molecule has 0 N–H and O–H groups in total. The van der Waals surface area contributed by atoms with Crippen LogP contribution in [0.2, 0.25) is 0 Å². The second-order valence-electron chi connectivity index (χ2n) is 7.08. The minimum absolute atomic E-state index is 0.0270. The predicted octanol–water partition coefficient (Wildman–Crippen LogP) is 1.89. The van der Waals surface area contributed by atoms with Gasteiger partial charge in [0, 0.05) is 49.9 Å². The van der Waals surface area contributed by atoms with Gasteiger partial charge in [0.05, 0.1) is 12.2 Å². The zero-order valence-electron chi connectivity index (χ0n) is 15.6. The molecule has 3 aromatic rings. The second-order valence-corrected chi connectivity index (χ2v) is 7.08. The number of carbonyl (C=O) groups is 1. The molecule has 1 atom stereocenters. The molecule has 28 heavy (non-hydrogen) atoms. The van der Waals surface area contributed by atoms with Crippen molar-refractivity contribution < 1.29 is 4.79 Å². The molecule has 0 bridgehead atoms. The number of hydrogen-bond donors (Lipinski definition) is 0. The number of likely N-dealkylation sites (tertiary alicyclic amines) is 1. The van der Waals surface area contributed by atoms with E-state index in [9.17, 15) is 9.59 Å². The van der Waals surface area contributed by atoms with Gasteiger partial charge in [-0.1, -0.05) is 12.1 Å². The summed E-state index contributed by atoms with van der Waals surface area (Å²) in [5.74, 6) is 1.14. The highest BCUT2D eigenvalue weighted by molar-refractivity contribution is 5.76. The number of rotatable bonds is 5. The first-order chi connectivity index (χ1) is 13.7. The minimum atomic E-state index is -0.157. The molecule has 0 saturated carbocycles. The van der Waals surface area contributed by atoms with Gasteiger partial charge >= 0.3 is 0 Å². The van der Waals surface area contributed by atoms with E-state index in [1.165, 1.54) is 10.6 Å². The van der Waals surface area contributed by atoms with Gasteiger partial charge in [0.1, 0.15) is 12.4 Å². The molecular formula is C21H23N5O2. The van der Waals surface area contributed by atoms with Crippen LogP contribution in [0, 0.1) is 0 Å². The molecule has 144 valence electrons. The Labute approximate surface area is 163 Å². The summed E-state index contributed by atoms with van der Waals surface area (Å²) in [5, 5.41) is 0. The largest absolute Gasteiger partial charge is 0.340 e. The molecule has 1 saturated heterocycles. The predicted molar refractivity (Wildman–Crippen MR) is 105 cm³/mol. The minimum Gasteiger partial charge on any atom is -0.340 e. The van der Waals surface area contributed by atoms with E-state index in [4.69, 9.17) is 0 Å². The van der Waals surface area contributed by atoms with E-state index in [1.807, 2.05) is 35.5 Å². The first-order valence-corrected chi connectivity index (χ1v) is 9.55. The molecule has 1 aliphatic heterocycles. The highest BCUT2D eigenvalue weighted by Gasteiger charge is 2.27. The molecule has 1 unspecified atom stereocenters. The average molecular weight is 377 g/mol. The highest BCUT2D eigenvalue weighted by atomic mass is 16.2. The molecule has 1 aliphatic rings. The Kier molecular flexibility index (Phi) is 5.32. The number of imidazole rings is 1. The number of piperidine rings is 1. The van der Waals surface area contributed by atoms with Crippen LogP contribution in [0.5, 0.6) is 0 Å². The molecule has 7 heteroatoms. The SMILES string of the molecule is O=C(Cn1ccccc1=O)N1CCCC(c2nccn2Cc2ccccn2)C1. The quantitative estimate of drug-likeness (QED) is 0.681. The topological polar surface area (TPSA) is 73.0 Å². The van der Waals surface area contributed by atoms with Crippen LogP contribution < -0.4 is 5.56 Å². The van der Waals surface area contributed by atoms with Gasteiger partial charge < -0.3 is 14.0 Å². The third-order valence-electron chi connectivity index (χ3n) is 5.15. The van der Waals surface area contributed by atoms with Gasteiger partial charge in [-0.05, 0) is 31.0 Å². The van der Waals surface area contributed by atoms with E-state index in [0.29, 0.717) is 13.1 Å². The first-order valence-electron chi connectivity index (χ1n) is 9.55. The van der Waals surface area contributed by atoms with Crippen LogP contribution in [0.15, 0.2) is 66.0 Å². The summed E-state index contributed by atoms with van der Waals surface area (Å²) >= 11 is 0. The maximum atomic E-state index is 12.7. The number of aromatic nitrogens is 4. The van der Waals surface area contributed by atoms with Gasteiger partial charge in [0.15, 0.2) is 0 Å². The molecule has 3 aromatic heterocycles. The third kappa shape index (κ3) is 4.03. The van der Waals surface area contributed by atoms with Gasteiger partial charge in [0.2, 0.25) is 5.91 Å². The summed E-state index contributed by atoms with van der Waals surface area (Å²) in [6, 6.07) is 10.8. The van der Waals surface area contributed by atoms with E-state index in [-0.39, 0.29) is 23.9 Å². The summed E-state index contributed by atoms with van der Waals surface area (Å²) in [6.45, 7) is 2.09. The maximum absolute atomic E-state index is 12.7. The Hall–Kier alpha value is -3.22. The van der Waals surface area contributed by atoms with Crippen LogP contribution in [-0.4, -0.2) is 43.0 Å². The maximum Gasteiger partial charge on any atom is 0.250 e. The Morgan fingerprint density at radius 3 is 2.75 bits per heavy atom. The van der Waals surface area contributed by atoms with Crippen molar-refractivity contribution in [2.45, 2.75) is 31.8 Å². The van der Waals surface area contributed by atoms with E-state index < -0.39 is 0 Å². The zero-order chi connectivity index (χ0) is 19.3. The van der Waals surface area contributed by atoms with Crippen molar-refractivity contribution in [1.29, 1.82) is 0 Å². The van der Waals surface area contributed by atoms with Crippen LogP contribution >= 0.6 is 0 Å². The molecular weight excluding hydrogens is 354 g/mol. The molecule has 7 nitrogen and oxygen atoms in total. The Balaban J connectivity index is 1.46. The number of pyridine rings is 2. The van der Waals surface area contributed by atoms with Gasteiger partial charge in [-0.2, -0.15) is 0 Å². The molecule has 0 spiro atoms. The monoisotopic (exact) mass is 377 g/mol. The lowest BCUT2D eigenvalue weighted by Gasteiger charge is -2.33. The first kappa shape index (κ1) is 18.2. The van der Waals surface area contributed by atoms with E-state index in [2.05, 4.69) is 14.5 Å². The summed E-state index contributed by atoms with van der Waals surface area (Å²) in [5.41, 5.74) is 0.823. The van der Waals surface area contributed by atoms with Crippen LogP contribution in [0.1, 0.15) is 30.3 Å². The number of hydrogen-bond acceptors (Lipinski definition) is 4. The van der Waals surface area contributed by atoms with Gasteiger partial charge in [-0.15, -0.1) is 0 Å². The Morgan fingerprint density at radius 1 is 1.04 bits per heavy atom. The van der Waals surface area contributed by atoms with Crippen molar-refractivity contribution in [3.05, 3.63) is 83.1 Å². The molecule has 4 rings (SSSR count). The van der Waals surface area contributed by atoms with E-state index in [1.54, 1.807) is 24.5 Å².